The second-order valence-electron chi connectivity index (χ2n) is 4.72. The molecule has 1 aromatic rings. The van der Waals surface area contributed by atoms with Crippen LogP contribution in [0, 0.1) is 0 Å². The van der Waals surface area contributed by atoms with E-state index in [0.717, 1.165) is 0 Å². The molecule has 1 rings (SSSR count). The highest BCUT2D eigenvalue weighted by molar-refractivity contribution is 7.89. The molecule has 20 heavy (non-hydrogen) atoms. The summed E-state index contributed by atoms with van der Waals surface area (Å²) >= 11 is 0. The predicted molar refractivity (Wildman–Crippen MR) is 75.8 cm³/mol. The number of aliphatic hydroxyl groups is 2. The van der Waals surface area contributed by atoms with E-state index in [1.165, 1.54) is 6.92 Å². The summed E-state index contributed by atoms with van der Waals surface area (Å²) in [4.78, 5) is 0. The van der Waals surface area contributed by atoms with Gasteiger partial charge in [0, 0.05) is 11.8 Å². The van der Waals surface area contributed by atoms with Crippen LogP contribution >= 0.6 is 0 Å². The van der Waals surface area contributed by atoms with Crippen molar-refractivity contribution in [2.45, 2.75) is 12.5 Å². The van der Waals surface area contributed by atoms with Crippen LogP contribution in [0.25, 0.3) is 0 Å². The summed E-state index contributed by atoms with van der Waals surface area (Å²) in [5, 5.41) is 18.1. The number of ether oxygens (including phenoxy) is 1. The zero-order valence-electron chi connectivity index (χ0n) is 11.2. The van der Waals surface area contributed by atoms with Gasteiger partial charge in [-0.3, -0.25) is 0 Å². The summed E-state index contributed by atoms with van der Waals surface area (Å²) < 4.78 is 31.1. The Morgan fingerprint density at radius 3 is 2.55 bits per heavy atom. The van der Waals surface area contributed by atoms with Gasteiger partial charge in [-0.1, -0.05) is 6.07 Å². The number of hydrogen-bond acceptors (Lipinski definition) is 6. The molecule has 0 fully saturated rings. The molecule has 0 aromatic heterocycles. The molecule has 5 N–H and O–H groups in total. The quantitative estimate of drug-likeness (QED) is 0.472. The van der Waals surface area contributed by atoms with E-state index in [1.54, 1.807) is 24.3 Å². The van der Waals surface area contributed by atoms with Crippen LogP contribution in [0.1, 0.15) is 6.92 Å². The molecule has 0 atom stereocenters. The SMILES string of the molecule is CC(CO)(CO)NS(=O)(=O)CCOc1cccc(N)c1. The van der Waals surface area contributed by atoms with Gasteiger partial charge in [-0.25, -0.2) is 13.1 Å². The first-order valence-electron chi connectivity index (χ1n) is 6.02. The molecule has 0 aliphatic carbocycles. The first-order chi connectivity index (χ1) is 9.30. The monoisotopic (exact) mass is 304 g/mol. The second-order valence-corrected chi connectivity index (χ2v) is 6.56. The van der Waals surface area contributed by atoms with Crippen molar-refractivity contribution in [3.05, 3.63) is 24.3 Å². The highest BCUT2D eigenvalue weighted by atomic mass is 32.2. The molecule has 0 unspecified atom stereocenters. The minimum atomic E-state index is -3.67. The lowest BCUT2D eigenvalue weighted by Gasteiger charge is -2.25. The molecule has 0 aliphatic heterocycles. The van der Waals surface area contributed by atoms with E-state index in [2.05, 4.69) is 4.72 Å². The van der Waals surface area contributed by atoms with Gasteiger partial charge in [0.15, 0.2) is 0 Å². The molecule has 7 nitrogen and oxygen atoms in total. The summed E-state index contributed by atoms with van der Waals surface area (Å²) in [6, 6.07) is 6.65. The minimum Gasteiger partial charge on any atom is -0.492 e. The fourth-order valence-corrected chi connectivity index (χ4v) is 2.70. The van der Waals surface area contributed by atoms with Gasteiger partial charge < -0.3 is 20.7 Å². The molecule has 0 aliphatic rings. The molecule has 0 amide bonds. The number of anilines is 1. The van der Waals surface area contributed by atoms with Crippen LogP contribution in [0.5, 0.6) is 5.75 Å². The van der Waals surface area contributed by atoms with Gasteiger partial charge >= 0.3 is 0 Å². The maximum atomic E-state index is 11.8. The van der Waals surface area contributed by atoms with Gasteiger partial charge in [0.2, 0.25) is 10.0 Å². The molecule has 0 radical (unpaired) electrons. The Balaban J connectivity index is 2.52. The standard InChI is InChI=1S/C12H20N2O5S/c1-12(8-15,9-16)14-20(17,18)6-5-19-11-4-2-3-10(13)7-11/h2-4,7,14-16H,5-6,8-9,13H2,1H3. The summed E-state index contributed by atoms with van der Waals surface area (Å²) in [5.74, 6) is 0.185. The molecular weight excluding hydrogens is 284 g/mol. The van der Waals surface area contributed by atoms with Gasteiger partial charge in [0.1, 0.15) is 12.4 Å². The van der Waals surface area contributed by atoms with Crippen molar-refractivity contribution in [1.82, 2.24) is 4.72 Å². The van der Waals surface area contributed by atoms with Crippen LogP contribution in [-0.2, 0) is 10.0 Å². The predicted octanol–water partition coefficient (Wildman–Crippen LogP) is -0.690. The summed E-state index contributed by atoms with van der Waals surface area (Å²) in [5.41, 5.74) is 4.81. The normalized spacial score (nSPS) is 12.3. The van der Waals surface area contributed by atoms with Crippen LogP contribution in [0.3, 0.4) is 0 Å². The summed E-state index contributed by atoms with van der Waals surface area (Å²) in [7, 11) is -3.67. The average Bonchev–Trinajstić information content (AvgIpc) is 2.38. The lowest BCUT2D eigenvalue weighted by atomic mass is 10.1. The molecule has 0 saturated heterocycles. The van der Waals surface area contributed by atoms with E-state index < -0.39 is 28.8 Å². The number of aliphatic hydroxyl groups excluding tert-OH is 2. The topological polar surface area (TPSA) is 122 Å². The lowest BCUT2D eigenvalue weighted by molar-refractivity contribution is 0.121. The summed E-state index contributed by atoms with van der Waals surface area (Å²) in [6.45, 7) is 0.340. The second kappa shape index (κ2) is 6.89. The van der Waals surface area contributed by atoms with E-state index >= 15 is 0 Å². The number of benzene rings is 1. The third-order valence-electron chi connectivity index (χ3n) is 2.58. The van der Waals surface area contributed by atoms with E-state index in [0.29, 0.717) is 11.4 Å². The highest BCUT2D eigenvalue weighted by Gasteiger charge is 2.28. The smallest absolute Gasteiger partial charge is 0.215 e. The van der Waals surface area contributed by atoms with Crippen molar-refractivity contribution in [3.63, 3.8) is 0 Å². The molecule has 8 heteroatoms. The Bertz CT molecular complexity index is 528. The van der Waals surface area contributed by atoms with Gasteiger partial charge in [-0.15, -0.1) is 0 Å². The molecule has 1 aromatic carbocycles. The van der Waals surface area contributed by atoms with Crippen LogP contribution in [0.15, 0.2) is 24.3 Å². The van der Waals surface area contributed by atoms with Crippen LogP contribution < -0.4 is 15.2 Å². The Kier molecular flexibility index (Phi) is 5.75. The summed E-state index contributed by atoms with van der Waals surface area (Å²) in [6.07, 6.45) is 0. The van der Waals surface area contributed by atoms with Crippen molar-refractivity contribution in [2.75, 3.05) is 31.3 Å². The number of nitrogen functional groups attached to an aromatic ring is 1. The maximum Gasteiger partial charge on any atom is 0.215 e. The first kappa shape index (κ1) is 16.7. The maximum absolute atomic E-state index is 11.8. The van der Waals surface area contributed by atoms with Gasteiger partial charge in [-0.2, -0.15) is 0 Å². The zero-order valence-corrected chi connectivity index (χ0v) is 12.1. The average molecular weight is 304 g/mol. The van der Waals surface area contributed by atoms with Crippen molar-refractivity contribution in [3.8, 4) is 5.75 Å². The van der Waals surface area contributed by atoms with Crippen LogP contribution in [0.2, 0.25) is 0 Å². The van der Waals surface area contributed by atoms with Crippen molar-refractivity contribution in [1.29, 1.82) is 0 Å². The highest BCUT2D eigenvalue weighted by Crippen LogP contribution is 2.14. The van der Waals surface area contributed by atoms with E-state index in [4.69, 9.17) is 20.7 Å². The Labute approximate surface area is 118 Å². The van der Waals surface area contributed by atoms with Gasteiger partial charge in [0.05, 0.1) is 24.5 Å². The fourth-order valence-electron chi connectivity index (χ4n) is 1.41. The van der Waals surface area contributed by atoms with Crippen molar-refractivity contribution >= 4 is 15.7 Å². The van der Waals surface area contributed by atoms with E-state index in [-0.39, 0.29) is 12.4 Å². The number of hydrogen-bond donors (Lipinski definition) is 4. The Morgan fingerprint density at radius 1 is 1.35 bits per heavy atom. The molecule has 0 spiro atoms. The number of sulfonamides is 1. The molecule has 114 valence electrons. The Hall–Kier alpha value is -1.35. The largest absolute Gasteiger partial charge is 0.492 e. The van der Waals surface area contributed by atoms with Crippen LogP contribution in [-0.4, -0.2) is 49.7 Å². The third kappa shape index (κ3) is 5.33. The van der Waals surface area contributed by atoms with Gasteiger partial charge in [0.25, 0.3) is 0 Å². The number of rotatable bonds is 8. The van der Waals surface area contributed by atoms with E-state index in [1.807, 2.05) is 0 Å². The van der Waals surface area contributed by atoms with Crippen molar-refractivity contribution in [2.24, 2.45) is 0 Å². The Morgan fingerprint density at radius 2 is 2.00 bits per heavy atom. The fraction of sp³-hybridized carbons (Fsp3) is 0.500. The minimum absolute atomic E-state index is 0.0638. The number of nitrogens with two attached hydrogens (primary N) is 1. The molecular formula is C12H20N2O5S. The molecule has 0 saturated carbocycles. The zero-order chi connectivity index (χ0) is 15.2. The van der Waals surface area contributed by atoms with Crippen molar-refractivity contribution < 1.29 is 23.4 Å². The lowest BCUT2D eigenvalue weighted by Crippen LogP contribution is -2.52. The van der Waals surface area contributed by atoms with Crippen LogP contribution in [0.4, 0.5) is 5.69 Å². The van der Waals surface area contributed by atoms with E-state index in [9.17, 15) is 8.42 Å². The van der Waals surface area contributed by atoms with Gasteiger partial charge in [-0.05, 0) is 19.1 Å². The molecule has 0 heterocycles. The third-order valence-corrected chi connectivity index (χ3v) is 4.09. The molecule has 0 bridgehead atoms. The first-order valence-corrected chi connectivity index (χ1v) is 7.67. The number of nitrogens with one attached hydrogen (secondary N) is 1.